The SMILES string of the molecule is O=C(Nc1ccccc1)c1c(O)n(-c2cccc(C(F)(F)F)c2)c(=O)[nH]c1=O. The Labute approximate surface area is 154 Å². The molecule has 1 amide bonds. The van der Waals surface area contributed by atoms with Crippen LogP contribution in [0.15, 0.2) is 64.2 Å². The van der Waals surface area contributed by atoms with Crippen LogP contribution < -0.4 is 16.6 Å². The first-order valence-corrected chi connectivity index (χ1v) is 7.81. The molecule has 0 saturated carbocycles. The number of aromatic nitrogens is 2. The van der Waals surface area contributed by atoms with Gasteiger partial charge in [0, 0.05) is 5.69 Å². The Morgan fingerprint density at radius 3 is 2.36 bits per heavy atom. The lowest BCUT2D eigenvalue weighted by Crippen LogP contribution is -2.34. The molecule has 3 N–H and O–H groups in total. The zero-order chi connectivity index (χ0) is 20.5. The maximum absolute atomic E-state index is 12.9. The highest BCUT2D eigenvalue weighted by Gasteiger charge is 2.31. The number of anilines is 1. The van der Waals surface area contributed by atoms with Crippen molar-refractivity contribution in [1.29, 1.82) is 0 Å². The first-order chi connectivity index (χ1) is 13.2. The Morgan fingerprint density at radius 2 is 1.71 bits per heavy atom. The number of benzene rings is 2. The number of aromatic amines is 1. The van der Waals surface area contributed by atoms with Crippen molar-refractivity contribution in [3.63, 3.8) is 0 Å². The van der Waals surface area contributed by atoms with E-state index in [0.29, 0.717) is 16.3 Å². The van der Waals surface area contributed by atoms with Crippen molar-refractivity contribution in [2.24, 2.45) is 0 Å². The molecule has 0 fully saturated rings. The number of rotatable bonds is 3. The Bertz CT molecular complexity index is 1150. The number of para-hydroxylation sites is 1. The van der Waals surface area contributed by atoms with Crippen molar-refractivity contribution < 1.29 is 23.1 Å². The van der Waals surface area contributed by atoms with Crippen LogP contribution in [-0.4, -0.2) is 20.6 Å². The highest BCUT2D eigenvalue weighted by molar-refractivity contribution is 6.05. The van der Waals surface area contributed by atoms with Crippen molar-refractivity contribution in [2.75, 3.05) is 5.32 Å². The minimum absolute atomic E-state index is 0.308. The van der Waals surface area contributed by atoms with E-state index in [4.69, 9.17) is 0 Å². The Kier molecular flexibility index (Phi) is 4.78. The smallest absolute Gasteiger partial charge is 0.416 e. The molecule has 0 aliphatic carbocycles. The molecule has 144 valence electrons. The summed E-state index contributed by atoms with van der Waals surface area (Å²) in [6.07, 6.45) is -4.69. The maximum Gasteiger partial charge on any atom is 0.416 e. The number of nitrogens with zero attached hydrogens (tertiary/aromatic N) is 1. The lowest BCUT2D eigenvalue weighted by molar-refractivity contribution is -0.137. The molecule has 0 bridgehead atoms. The van der Waals surface area contributed by atoms with E-state index in [0.717, 1.165) is 18.2 Å². The van der Waals surface area contributed by atoms with Crippen molar-refractivity contribution >= 4 is 11.6 Å². The molecule has 0 aliphatic heterocycles. The summed E-state index contributed by atoms with van der Waals surface area (Å²) in [7, 11) is 0. The van der Waals surface area contributed by atoms with Crippen LogP contribution in [0.3, 0.4) is 0 Å². The van der Waals surface area contributed by atoms with Gasteiger partial charge in [-0.1, -0.05) is 24.3 Å². The van der Waals surface area contributed by atoms with Crippen LogP contribution in [0.2, 0.25) is 0 Å². The summed E-state index contributed by atoms with van der Waals surface area (Å²) < 4.78 is 39.2. The average Bonchev–Trinajstić information content (AvgIpc) is 2.61. The predicted octanol–water partition coefficient (Wildman–Crippen LogP) is 2.50. The lowest BCUT2D eigenvalue weighted by atomic mass is 10.2. The largest absolute Gasteiger partial charge is 0.493 e. The normalized spacial score (nSPS) is 11.2. The fourth-order valence-corrected chi connectivity index (χ4v) is 2.51. The molecule has 1 heterocycles. The van der Waals surface area contributed by atoms with Crippen LogP contribution in [0, 0.1) is 0 Å². The second-order valence-corrected chi connectivity index (χ2v) is 5.66. The molecular weight excluding hydrogens is 379 g/mol. The highest BCUT2D eigenvalue weighted by atomic mass is 19.4. The van der Waals surface area contributed by atoms with E-state index in [1.54, 1.807) is 18.2 Å². The van der Waals surface area contributed by atoms with Gasteiger partial charge in [0.2, 0.25) is 5.88 Å². The zero-order valence-electron chi connectivity index (χ0n) is 13.9. The molecule has 10 heteroatoms. The number of aromatic hydroxyl groups is 1. The third-order valence-electron chi connectivity index (χ3n) is 3.78. The number of halogens is 3. The first-order valence-electron chi connectivity index (χ1n) is 7.81. The molecule has 0 saturated heterocycles. The third kappa shape index (κ3) is 3.65. The fourth-order valence-electron chi connectivity index (χ4n) is 2.51. The van der Waals surface area contributed by atoms with Crippen molar-refractivity contribution in [3.05, 3.63) is 86.6 Å². The summed E-state index contributed by atoms with van der Waals surface area (Å²) in [6, 6.07) is 11.5. The third-order valence-corrected chi connectivity index (χ3v) is 3.78. The average molecular weight is 391 g/mol. The van der Waals surface area contributed by atoms with Gasteiger partial charge in [-0.15, -0.1) is 0 Å². The van der Waals surface area contributed by atoms with Gasteiger partial charge in [-0.05, 0) is 30.3 Å². The second kappa shape index (κ2) is 7.06. The van der Waals surface area contributed by atoms with Crippen LogP contribution >= 0.6 is 0 Å². The molecule has 28 heavy (non-hydrogen) atoms. The molecular formula is C18H12F3N3O4. The summed E-state index contributed by atoms with van der Waals surface area (Å²) >= 11 is 0. The summed E-state index contributed by atoms with van der Waals surface area (Å²) in [6.45, 7) is 0. The molecule has 3 rings (SSSR count). The number of nitrogens with one attached hydrogen (secondary N) is 2. The van der Waals surface area contributed by atoms with E-state index in [2.05, 4.69) is 5.32 Å². The molecule has 1 aromatic heterocycles. The Balaban J connectivity index is 2.12. The molecule has 0 radical (unpaired) electrons. The Morgan fingerprint density at radius 1 is 1.04 bits per heavy atom. The van der Waals surface area contributed by atoms with E-state index in [1.807, 2.05) is 4.98 Å². The first kappa shape index (κ1) is 19.0. The predicted molar refractivity (Wildman–Crippen MR) is 93.7 cm³/mol. The number of H-pyrrole nitrogens is 1. The van der Waals surface area contributed by atoms with Gasteiger partial charge in [0.05, 0.1) is 11.3 Å². The molecule has 0 spiro atoms. The van der Waals surface area contributed by atoms with Gasteiger partial charge in [-0.3, -0.25) is 14.6 Å². The maximum atomic E-state index is 12.9. The fraction of sp³-hybridized carbons (Fsp3) is 0.0556. The number of hydrogen-bond acceptors (Lipinski definition) is 4. The highest BCUT2D eigenvalue weighted by Crippen LogP contribution is 2.30. The van der Waals surface area contributed by atoms with Gasteiger partial charge in [-0.25, -0.2) is 9.36 Å². The zero-order valence-corrected chi connectivity index (χ0v) is 13.9. The summed E-state index contributed by atoms with van der Waals surface area (Å²) in [5, 5.41) is 12.7. The van der Waals surface area contributed by atoms with E-state index in [9.17, 15) is 32.7 Å². The van der Waals surface area contributed by atoms with Gasteiger partial charge in [0.15, 0.2) is 5.56 Å². The van der Waals surface area contributed by atoms with Crippen LogP contribution in [0.25, 0.3) is 5.69 Å². The summed E-state index contributed by atoms with van der Waals surface area (Å²) in [5.41, 5.74) is -4.33. The topological polar surface area (TPSA) is 104 Å². The standard InChI is InChI=1S/C18H12F3N3O4/c19-18(20,21)10-5-4-8-12(9-10)24-16(27)13(15(26)23-17(24)28)14(25)22-11-6-2-1-3-7-11/h1-9,27H,(H,22,25)(H,23,26,28). The molecule has 7 nitrogen and oxygen atoms in total. The lowest BCUT2D eigenvalue weighted by Gasteiger charge is -2.13. The van der Waals surface area contributed by atoms with Crippen molar-refractivity contribution in [1.82, 2.24) is 9.55 Å². The quantitative estimate of drug-likeness (QED) is 0.638. The van der Waals surface area contributed by atoms with Crippen LogP contribution in [0.1, 0.15) is 15.9 Å². The number of alkyl halides is 3. The van der Waals surface area contributed by atoms with E-state index >= 15 is 0 Å². The number of hydrogen-bond donors (Lipinski definition) is 3. The van der Waals surface area contributed by atoms with Gasteiger partial charge in [0.1, 0.15) is 0 Å². The van der Waals surface area contributed by atoms with E-state index in [-0.39, 0.29) is 5.69 Å². The van der Waals surface area contributed by atoms with E-state index < -0.39 is 40.3 Å². The monoisotopic (exact) mass is 391 g/mol. The number of amides is 1. The van der Waals surface area contributed by atoms with Gasteiger partial charge in [-0.2, -0.15) is 13.2 Å². The van der Waals surface area contributed by atoms with Gasteiger partial charge >= 0.3 is 11.9 Å². The Hall–Kier alpha value is -3.82. The molecule has 0 aliphatic rings. The molecule has 3 aromatic rings. The number of carbonyl (C=O) groups is 1. The van der Waals surface area contributed by atoms with Crippen molar-refractivity contribution in [2.45, 2.75) is 6.18 Å². The minimum Gasteiger partial charge on any atom is -0.493 e. The van der Waals surface area contributed by atoms with Crippen LogP contribution in [0.4, 0.5) is 18.9 Å². The van der Waals surface area contributed by atoms with Crippen molar-refractivity contribution in [3.8, 4) is 11.6 Å². The van der Waals surface area contributed by atoms with Crippen LogP contribution in [-0.2, 0) is 6.18 Å². The summed E-state index contributed by atoms with van der Waals surface area (Å²) in [5.74, 6) is -2.12. The van der Waals surface area contributed by atoms with Crippen LogP contribution in [0.5, 0.6) is 5.88 Å². The second-order valence-electron chi connectivity index (χ2n) is 5.66. The molecule has 0 unspecified atom stereocenters. The van der Waals surface area contributed by atoms with E-state index in [1.165, 1.54) is 12.1 Å². The molecule has 2 aromatic carbocycles. The minimum atomic E-state index is -4.69. The van der Waals surface area contributed by atoms with Gasteiger partial charge in [0.25, 0.3) is 11.5 Å². The molecule has 0 atom stereocenters. The van der Waals surface area contributed by atoms with Gasteiger partial charge < -0.3 is 10.4 Å². The summed E-state index contributed by atoms with van der Waals surface area (Å²) in [4.78, 5) is 38.3. The number of carbonyl (C=O) groups excluding carboxylic acids is 1.